The minimum atomic E-state index is 0.441. The molecule has 0 unspecified atom stereocenters. The molecule has 0 fully saturated rings. The normalized spacial score (nSPS) is 10.8. The lowest BCUT2D eigenvalue weighted by Crippen LogP contribution is -2.01. The van der Waals surface area contributed by atoms with E-state index in [0.29, 0.717) is 18.2 Å². The molecule has 0 aliphatic carbocycles. The first-order chi connectivity index (χ1) is 15.3. The van der Waals surface area contributed by atoms with Crippen molar-refractivity contribution in [3.8, 4) is 5.75 Å². The molecule has 0 aliphatic rings. The highest BCUT2D eigenvalue weighted by Gasteiger charge is 2.12. The van der Waals surface area contributed by atoms with E-state index in [1.807, 2.05) is 72.9 Å². The summed E-state index contributed by atoms with van der Waals surface area (Å²) in [6.07, 6.45) is 5.35. The molecule has 6 nitrogen and oxygen atoms in total. The van der Waals surface area contributed by atoms with Crippen LogP contribution in [0.15, 0.2) is 95.2 Å². The number of aromatic nitrogens is 4. The Morgan fingerprint density at radius 1 is 0.903 bits per heavy atom. The van der Waals surface area contributed by atoms with Crippen molar-refractivity contribution < 1.29 is 4.74 Å². The van der Waals surface area contributed by atoms with Crippen molar-refractivity contribution in [2.45, 2.75) is 16.5 Å². The summed E-state index contributed by atoms with van der Waals surface area (Å²) < 4.78 is 6.15. The number of anilines is 2. The fraction of sp³-hybridized carbons (Fsp3) is 0.0435. The largest absolute Gasteiger partial charge is 0.485 e. The minimum Gasteiger partial charge on any atom is -0.485 e. The predicted octanol–water partition coefficient (Wildman–Crippen LogP) is 5.96. The van der Waals surface area contributed by atoms with Crippen LogP contribution in [0.2, 0.25) is 0 Å². The van der Waals surface area contributed by atoms with Crippen LogP contribution in [-0.2, 0) is 6.61 Å². The maximum atomic E-state index is 6.15. The molecule has 0 spiro atoms. The first kappa shape index (κ1) is 19.5. The fourth-order valence-corrected chi connectivity index (χ4v) is 4.45. The van der Waals surface area contributed by atoms with E-state index in [9.17, 15) is 0 Å². The molecule has 4 heterocycles. The molecule has 0 saturated carbocycles. The van der Waals surface area contributed by atoms with Gasteiger partial charge in [0.15, 0.2) is 16.7 Å². The molecule has 0 radical (unpaired) electrons. The summed E-state index contributed by atoms with van der Waals surface area (Å²) in [6.45, 7) is 0.441. The Morgan fingerprint density at radius 2 is 1.77 bits per heavy atom. The van der Waals surface area contributed by atoms with Crippen LogP contribution in [0.25, 0.3) is 10.3 Å². The van der Waals surface area contributed by atoms with E-state index in [1.165, 1.54) is 23.1 Å². The second kappa shape index (κ2) is 9.11. The van der Waals surface area contributed by atoms with E-state index >= 15 is 0 Å². The van der Waals surface area contributed by atoms with Gasteiger partial charge in [-0.15, -0.1) is 0 Å². The molecule has 0 bridgehead atoms. The first-order valence-corrected chi connectivity index (χ1v) is 11.2. The molecule has 0 amide bonds. The van der Waals surface area contributed by atoms with Crippen LogP contribution in [0, 0.1) is 0 Å². The molecule has 8 heteroatoms. The highest BCUT2D eigenvalue weighted by molar-refractivity contribution is 7.99. The minimum absolute atomic E-state index is 0.441. The fourth-order valence-electron chi connectivity index (χ4n) is 2.87. The van der Waals surface area contributed by atoms with Crippen molar-refractivity contribution in [2.75, 3.05) is 5.32 Å². The van der Waals surface area contributed by atoms with E-state index in [2.05, 4.69) is 25.3 Å². The molecule has 152 valence electrons. The van der Waals surface area contributed by atoms with Gasteiger partial charge in [0.05, 0.1) is 0 Å². The third kappa shape index (κ3) is 4.82. The zero-order chi connectivity index (χ0) is 20.9. The quantitative estimate of drug-likeness (QED) is 0.333. The lowest BCUT2D eigenvalue weighted by atomic mass is 10.2. The maximum absolute atomic E-state index is 6.15. The van der Waals surface area contributed by atoms with Gasteiger partial charge in [0, 0.05) is 23.5 Å². The molecule has 5 rings (SSSR count). The Kier molecular flexibility index (Phi) is 5.72. The van der Waals surface area contributed by atoms with Gasteiger partial charge in [-0.1, -0.05) is 59.5 Å². The second-order valence-corrected chi connectivity index (χ2v) is 8.61. The molecular formula is C23H17N5OS2. The first-order valence-electron chi connectivity index (χ1n) is 9.58. The molecule has 1 aromatic carbocycles. The number of nitrogens with one attached hydrogen (secondary N) is 1. The summed E-state index contributed by atoms with van der Waals surface area (Å²) >= 11 is 3.02. The van der Waals surface area contributed by atoms with Crippen LogP contribution in [0.1, 0.15) is 5.56 Å². The molecule has 1 N–H and O–H groups in total. The summed E-state index contributed by atoms with van der Waals surface area (Å²) in [6, 6.07) is 21.7. The Bertz CT molecular complexity index is 1260. The number of pyridine rings is 3. The summed E-state index contributed by atoms with van der Waals surface area (Å²) in [5, 5.41) is 4.91. The third-order valence-electron chi connectivity index (χ3n) is 4.32. The molecule has 4 aromatic heterocycles. The van der Waals surface area contributed by atoms with Crippen molar-refractivity contribution in [1.82, 2.24) is 19.9 Å². The Balaban J connectivity index is 1.43. The smallest absolute Gasteiger partial charge is 0.191 e. The van der Waals surface area contributed by atoms with Crippen LogP contribution in [0.4, 0.5) is 10.9 Å². The van der Waals surface area contributed by atoms with Crippen LogP contribution in [-0.4, -0.2) is 19.9 Å². The summed E-state index contributed by atoms with van der Waals surface area (Å²) in [5.41, 5.74) is 1.93. The number of hydrogen-bond acceptors (Lipinski definition) is 8. The van der Waals surface area contributed by atoms with E-state index in [4.69, 9.17) is 4.74 Å². The van der Waals surface area contributed by atoms with Crippen molar-refractivity contribution in [3.05, 3.63) is 90.9 Å². The van der Waals surface area contributed by atoms with Gasteiger partial charge in [0.2, 0.25) is 0 Å². The number of fused-ring (bicyclic) bond motifs is 1. The lowest BCUT2D eigenvalue weighted by Gasteiger charge is -2.12. The molecule has 0 saturated heterocycles. The monoisotopic (exact) mass is 443 g/mol. The number of thiazole rings is 1. The standard InChI is InChI=1S/C23H17N5OS2/c1-2-7-16(8-3-1)15-29-19-13-17(30-20-10-4-5-11-24-20)14-26-21(19)28-23-27-18-9-6-12-25-22(18)31-23/h1-14H,15H2,(H,26,27,28). The van der Waals surface area contributed by atoms with Gasteiger partial charge < -0.3 is 10.1 Å². The third-order valence-corrected chi connectivity index (χ3v) is 6.12. The summed E-state index contributed by atoms with van der Waals surface area (Å²) in [4.78, 5) is 19.8. The van der Waals surface area contributed by atoms with Gasteiger partial charge in [-0.3, -0.25) is 0 Å². The number of benzene rings is 1. The highest BCUT2D eigenvalue weighted by atomic mass is 32.2. The topological polar surface area (TPSA) is 72.8 Å². The molecule has 0 aliphatic heterocycles. The van der Waals surface area contributed by atoms with Crippen LogP contribution < -0.4 is 10.1 Å². The molecule has 31 heavy (non-hydrogen) atoms. The number of ether oxygens (including phenoxy) is 1. The van der Waals surface area contributed by atoms with E-state index in [0.717, 1.165) is 31.0 Å². The summed E-state index contributed by atoms with van der Waals surface area (Å²) in [7, 11) is 0. The van der Waals surface area contributed by atoms with Crippen molar-refractivity contribution in [2.24, 2.45) is 0 Å². The van der Waals surface area contributed by atoms with Crippen molar-refractivity contribution in [1.29, 1.82) is 0 Å². The van der Waals surface area contributed by atoms with E-state index in [-0.39, 0.29) is 0 Å². The van der Waals surface area contributed by atoms with Crippen LogP contribution >= 0.6 is 23.1 Å². The van der Waals surface area contributed by atoms with E-state index < -0.39 is 0 Å². The van der Waals surface area contributed by atoms with Gasteiger partial charge in [-0.05, 0) is 35.9 Å². The van der Waals surface area contributed by atoms with Gasteiger partial charge in [-0.2, -0.15) is 0 Å². The van der Waals surface area contributed by atoms with E-state index in [1.54, 1.807) is 12.4 Å². The Labute approximate surface area is 187 Å². The van der Waals surface area contributed by atoms with Crippen molar-refractivity contribution in [3.63, 3.8) is 0 Å². The molecule has 5 aromatic rings. The van der Waals surface area contributed by atoms with Crippen molar-refractivity contribution >= 4 is 44.4 Å². The van der Waals surface area contributed by atoms with Gasteiger partial charge in [-0.25, -0.2) is 19.9 Å². The van der Waals surface area contributed by atoms with Gasteiger partial charge in [0.1, 0.15) is 22.0 Å². The number of rotatable bonds is 7. The van der Waals surface area contributed by atoms with Gasteiger partial charge >= 0.3 is 0 Å². The molecular weight excluding hydrogens is 426 g/mol. The molecule has 0 atom stereocenters. The van der Waals surface area contributed by atoms with Crippen LogP contribution in [0.3, 0.4) is 0 Å². The number of hydrogen-bond donors (Lipinski definition) is 1. The second-order valence-electron chi connectivity index (χ2n) is 6.53. The highest BCUT2D eigenvalue weighted by Crippen LogP contribution is 2.35. The predicted molar refractivity (Wildman–Crippen MR) is 124 cm³/mol. The lowest BCUT2D eigenvalue weighted by molar-refractivity contribution is 0.306. The Morgan fingerprint density at radius 3 is 2.61 bits per heavy atom. The number of nitrogens with zero attached hydrogens (tertiary/aromatic N) is 4. The zero-order valence-corrected chi connectivity index (χ0v) is 17.9. The Hall–Kier alpha value is -3.49. The average Bonchev–Trinajstić information content (AvgIpc) is 3.23. The SMILES string of the molecule is c1ccc(COc2cc(Sc3ccccn3)cnc2Nc2nc3cccnc3s2)cc1. The maximum Gasteiger partial charge on any atom is 0.191 e. The zero-order valence-electron chi connectivity index (χ0n) is 16.3. The summed E-state index contributed by atoms with van der Waals surface area (Å²) in [5.74, 6) is 1.26. The van der Waals surface area contributed by atoms with Gasteiger partial charge in [0.25, 0.3) is 0 Å². The average molecular weight is 444 g/mol. The van der Waals surface area contributed by atoms with Crippen LogP contribution in [0.5, 0.6) is 5.75 Å².